The van der Waals surface area contributed by atoms with Crippen molar-refractivity contribution in [1.29, 1.82) is 0 Å². The van der Waals surface area contributed by atoms with Gasteiger partial charge in [-0.3, -0.25) is 4.79 Å². The van der Waals surface area contributed by atoms with Gasteiger partial charge in [0.2, 0.25) is 5.91 Å². The van der Waals surface area contributed by atoms with Gasteiger partial charge in [-0.1, -0.05) is 38.7 Å². The molecule has 0 spiro atoms. The van der Waals surface area contributed by atoms with Gasteiger partial charge in [0.15, 0.2) is 5.82 Å². The summed E-state index contributed by atoms with van der Waals surface area (Å²) in [5, 5.41) is 32.5. The quantitative estimate of drug-likeness (QED) is 0.385. The molecule has 2 aromatic heterocycles. The molecule has 8 nitrogen and oxygen atoms in total. The van der Waals surface area contributed by atoms with E-state index in [1.807, 2.05) is 0 Å². The van der Waals surface area contributed by atoms with Crippen LogP contribution in [-0.4, -0.2) is 54.6 Å². The lowest BCUT2D eigenvalue weighted by molar-refractivity contribution is -0.116. The molecule has 0 aromatic carbocycles. The Hall–Kier alpha value is -2.29. The highest BCUT2D eigenvalue weighted by Crippen LogP contribution is 2.32. The highest BCUT2D eigenvalue weighted by Gasteiger charge is 2.36. The topological polar surface area (TPSA) is 121 Å². The predicted octanol–water partition coefficient (Wildman–Crippen LogP) is 1.93. The second-order valence-electron chi connectivity index (χ2n) is 7.22. The van der Waals surface area contributed by atoms with Crippen molar-refractivity contribution in [2.75, 3.05) is 11.9 Å². The summed E-state index contributed by atoms with van der Waals surface area (Å²) in [4.78, 5) is 20.8. The number of rotatable bonds is 9. The maximum absolute atomic E-state index is 12.2. The number of nitrogens with zero attached hydrogens (tertiary/aromatic N) is 3. The summed E-state index contributed by atoms with van der Waals surface area (Å²) >= 11 is 0. The molecule has 1 amide bonds. The molecule has 4 N–H and O–H groups in total. The van der Waals surface area contributed by atoms with Crippen LogP contribution < -0.4 is 5.32 Å². The predicted molar refractivity (Wildman–Crippen MR) is 106 cm³/mol. The molecule has 0 saturated heterocycles. The highest BCUT2D eigenvalue weighted by atomic mass is 16.3. The van der Waals surface area contributed by atoms with E-state index >= 15 is 0 Å². The first-order valence-electron chi connectivity index (χ1n) is 9.85. The van der Waals surface area contributed by atoms with Gasteiger partial charge in [-0.2, -0.15) is 0 Å². The van der Waals surface area contributed by atoms with Gasteiger partial charge in [-0.25, -0.2) is 9.97 Å². The molecular formula is C20H28N4O4. The third-order valence-corrected chi connectivity index (χ3v) is 5.20. The van der Waals surface area contributed by atoms with Crippen molar-refractivity contribution in [3.63, 3.8) is 0 Å². The number of fused-ring (bicyclic) bond motifs is 1. The van der Waals surface area contributed by atoms with E-state index < -0.39 is 18.2 Å². The summed E-state index contributed by atoms with van der Waals surface area (Å²) in [6, 6.07) is 1.19. The number of aromatic nitrogens is 3. The largest absolute Gasteiger partial charge is 0.392 e. The van der Waals surface area contributed by atoms with Gasteiger partial charge in [0.25, 0.3) is 0 Å². The monoisotopic (exact) mass is 388 g/mol. The number of hydrogen-bond donors (Lipinski definition) is 4. The van der Waals surface area contributed by atoms with Gasteiger partial charge >= 0.3 is 0 Å². The second kappa shape index (κ2) is 9.27. The molecule has 3 atom stereocenters. The number of anilines is 1. The smallest absolute Gasteiger partial charge is 0.225 e. The summed E-state index contributed by atoms with van der Waals surface area (Å²) in [5.74, 6) is 0.291. The molecule has 8 heteroatoms. The minimum atomic E-state index is -1.11. The number of aliphatic hydroxyl groups excluding tert-OH is 3. The SMILES string of the molecule is CCCCCCCC(=O)Nc1nccc2c1ncn2C1C=C(CO)C(O)C1O. The summed E-state index contributed by atoms with van der Waals surface area (Å²) in [6.45, 7) is 1.84. The van der Waals surface area contributed by atoms with E-state index in [9.17, 15) is 20.1 Å². The van der Waals surface area contributed by atoms with E-state index in [-0.39, 0.29) is 12.5 Å². The lowest BCUT2D eigenvalue weighted by Gasteiger charge is -2.19. The average molecular weight is 388 g/mol. The first kappa shape index (κ1) is 20.4. The Morgan fingerprint density at radius 1 is 1.21 bits per heavy atom. The Labute approximate surface area is 163 Å². The molecule has 0 fully saturated rings. The molecule has 0 bridgehead atoms. The van der Waals surface area contributed by atoms with Gasteiger partial charge in [0.05, 0.1) is 24.5 Å². The van der Waals surface area contributed by atoms with Crippen LogP contribution in [0.4, 0.5) is 5.82 Å². The number of hydrogen-bond acceptors (Lipinski definition) is 6. The van der Waals surface area contributed by atoms with Gasteiger partial charge < -0.3 is 25.2 Å². The normalized spacial score (nSPS) is 21.9. The van der Waals surface area contributed by atoms with Crippen molar-refractivity contribution in [1.82, 2.24) is 14.5 Å². The van der Waals surface area contributed by atoms with Gasteiger partial charge in [-0.05, 0) is 18.1 Å². The number of nitrogens with one attached hydrogen (secondary N) is 1. The Morgan fingerprint density at radius 3 is 2.71 bits per heavy atom. The van der Waals surface area contributed by atoms with Gasteiger partial charge in [-0.15, -0.1) is 0 Å². The Bertz CT molecular complexity index is 848. The Kier molecular flexibility index (Phi) is 6.77. The van der Waals surface area contributed by atoms with E-state index in [0.29, 0.717) is 28.8 Å². The zero-order valence-corrected chi connectivity index (χ0v) is 16.1. The number of unbranched alkanes of at least 4 members (excludes halogenated alkanes) is 4. The molecule has 2 aromatic rings. The van der Waals surface area contributed by atoms with Crippen molar-refractivity contribution in [2.45, 2.75) is 63.7 Å². The van der Waals surface area contributed by atoms with Gasteiger partial charge in [0, 0.05) is 12.6 Å². The van der Waals surface area contributed by atoms with Crippen molar-refractivity contribution >= 4 is 22.8 Å². The first-order valence-corrected chi connectivity index (χ1v) is 9.85. The second-order valence-corrected chi connectivity index (χ2v) is 7.22. The molecule has 3 rings (SSSR count). The van der Waals surface area contributed by atoms with Crippen LogP contribution in [0, 0.1) is 0 Å². The summed E-state index contributed by atoms with van der Waals surface area (Å²) in [7, 11) is 0. The van der Waals surface area contributed by atoms with E-state index in [4.69, 9.17) is 0 Å². The fourth-order valence-corrected chi connectivity index (χ4v) is 3.59. The Morgan fingerprint density at radius 2 is 2.00 bits per heavy atom. The third kappa shape index (κ3) is 4.24. The number of aliphatic hydroxyl groups is 3. The summed E-state index contributed by atoms with van der Waals surface area (Å²) in [6.07, 6.45) is 8.40. The van der Waals surface area contributed by atoms with E-state index in [1.54, 1.807) is 29.2 Å². The zero-order chi connectivity index (χ0) is 20.1. The lowest BCUT2D eigenvalue weighted by atomic mass is 10.1. The van der Waals surface area contributed by atoms with Crippen molar-refractivity contribution in [2.24, 2.45) is 0 Å². The maximum Gasteiger partial charge on any atom is 0.225 e. The Balaban J connectivity index is 1.73. The van der Waals surface area contributed by atoms with Crippen LogP contribution in [0.2, 0.25) is 0 Å². The standard InChI is InChI=1S/C20H28N4O4/c1-2-3-4-5-6-7-16(26)23-20-17-14(8-9-21-20)24(12-22-17)15-10-13(11-25)18(27)19(15)28/h8-10,12,15,18-19,25,27-28H,2-7,11H2,1H3,(H,21,23,26). The fourth-order valence-electron chi connectivity index (χ4n) is 3.59. The van der Waals surface area contributed by atoms with E-state index in [0.717, 1.165) is 19.3 Å². The van der Waals surface area contributed by atoms with Gasteiger partial charge in [0.1, 0.15) is 17.7 Å². The third-order valence-electron chi connectivity index (χ3n) is 5.20. The molecule has 2 heterocycles. The van der Waals surface area contributed by atoms with Crippen LogP contribution in [0.25, 0.3) is 11.0 Å². The van der Waals surface area contributed by atoms with Crippen LogP contribution in [0.15, 0.2) is 30.2 Å². The average Bonchev–Trinajstić information content (AvgIpc) is 3.24. The first-order chi connectivity index (χ1) is 13.6. The molecular weight excluding hydrogens is 360 g/mol. The van der Waals surface area contributed by atoms with Crippen molar-refractivity contribution in [3.8, 4) is 0 Å². The van der Waals surface area contributed by atoms with Crippen molar-refractivity contribution in [3.05, 3.63) is 30.2 Å². The number of pyridine rings is 1. The highest BCUT2D eigenvalue weighted by molar-refractivity contribution is 5.97. The number of carbonyl (C=O) groups excluding carboxylic acids is 1. The maximum atomic E-state index is 12.2. The van der Waals surface area contributed by atoms with E-state index in [1.165, 1.54) is 12.8 Å². The summed E-state index contributed by atoms with van der Waals surface area (Å²) < 4.78 is 1.72. The fraction of sp³-hybridized carbons (Fsp3) is 0.550. The van der Waals surface area contributed by atoms with E-state index in [2.05, 4.69) is 22.2 Å². The minimum absolute atomic E-state index is 0.0927. The molecule has 0 aliphatic heterocycles. The molecule has 152 valence electrons. The van der Waals surface area contributed by atoms with Crippen LogP contribution in [-0.2, 0) is 4.79 Å². The molecule has 28 heavy (non-hydrogen) atoms. The number of carbonyl (C=O) groups is 1. The number of imidazole rings is 1. The molecule has 3 unspecified atom stereocenters. The molecule has 0 radical (unpaired) electrons. The summed E-state index contributed by atoms with van der Waals surface area (Å²) in [5.41, 5.74) is 1.58. The van der Waals surface area contributed by atoms with Crippen LogP contribution in [0.3, 0.4) is 0 Å². The molecule has 1 aliphatic carbocycles. The zero-order valence-electron chi connectivity index (χ0n) is 16.1. The van der Waals surface area contributed by atoms with Crippen LogP contribution in [0.5, 0.6) is 0 Å². The molecule has 0 saturated carbocycles. The number of amides is 1. The van der Waals surface area contributed by atoms with Crippen LogP contribution >= 0.6 is 0 Å². The molecule has 1 aliphatic rings. The minimum Gasteiger partial charge on any atom is -0.392 e. The van der Waals surface area contributed by atoms with Crippen LogP contribution in [0.1, 0.15) is 51.5 Å². The van der Waals surface area contributed by atoms with Crippen molar-refractivity contribution < 1.29 is 20.1 Å². The lowest BCUT2D eigenvalue weighted by Crippen LogP contribution is -2.29.